The maximum atomic E-state index is 12.6. The number of alkyl halides is 3. The van der Waals surface area contributed by atoms with E-state index in [9.17, 15) is 18.0 Å². The molecule has 7 heteroatoms. The Hall–Kier alpha value is -1.60. The molecule has 2 aliphatic rings. The minimum atomic E-state index is -4.30. The number of benzene rings is 1. The Kier molecular flexibility index (Phi) is 5.87. The SMILES string of the molecule is NC1CCC(C(=O)N2CCCN(Cc3ccc(C(F)(F)F)cc3)CC2)C1. The van der Waals surface area contributed by atoms with E-state index in [2.05, 4.69) is 4.90 Å². The van der Waals surface area contributed by atoms with E-state index in [0.29, 0.717) is 13.1 Å². The van der Waals surface area contributed by atoms with Crippen molar-refractivity contribution in [3.8, 4) is 0 Å². The van der Waals surface area contributed by atoms with E-state index in [1.54, 1.807) is 0 Å². The minimum Gasteiger partial charge on any atom is -0.341 e. The zero-order chi connectivity index (χ0) is 18.7. The number of hydrogen-bond acceptors (Lipinski definition) is 3. The summed E-state index contributed by atoms with van der Waals surface area (Å²) in [6.07, 6.45) is -0.837. The lowest BCUT2D eigenvalue weighted by atomic mass is 10.1. The van der Waals surface area contributed by atoms with Crippen molar-refractivity contribution in [1.82, 2.24) is 9.80 Å². The Morgan fingerprint density at radius 1 is 1.08 bits per heavy atom. The van der Waals surface area contributed by atoms with Crippen LogP contribution in [0.2, 0.25) is 0 Å². The van der Waals surface area contributed by atoms with Gasteiger partial charge in [-0.05, 0) is 43.4 Å². The number of carbonyl (C=O) groups is 1. The summed E-state index contributed by atoms with van der Waals surface area (Å²) < 4.78 is 37.9. The number of hydrogen-bond donors (Lipinski definition) is 1. The minimum absolute atomic E-state index is 0.0615. The molecule has 2 unspecified atom stereocenters. The van der Waals surface area contributed by atoms with Gasteiger partial charge in [-0.15, -0.1) is 0 Å². The molecule has 0 spiro atoms. The van der Waals surface area contributed by atoms with Crippen molar-refractivity contribution < 1.29 is 18.0 Å². The fourth-order valence-corrected chi connectivity index (χ4v) is 3.91. The molecular formula is C19H26F3N3O. The summed E-state index contributed by atoms with van der Waals surface area (Å²) in [6, 6.07) is 5.48. The highest BCUT2D eigenvalue weighted by Crippen LogP contribution is 2.29. The summed E-state index contributed by atoms with van der Waals surface area (Å²) in [7, 11) is 0. The lowest BCUT2D eigenvalue weighted by Crippen LogP contribution is -2.38. The van der Waals surface area contributed by atoms with Gasteiger partial charge in [0.1, 0.15) is 0 Å². The fourth-order valence-electron chi connectivity index (χ4n) is 3.91. The maximum absolute atomic E-state index is 12.6. The van der Waals surface area contributed by atoms with Gasteiger partial charge in [-0.3, -0.25) is 9.69 Å². The smallest absolute Gasteiger partial charge is 0.341 e. The molecule has 1 aromatic carbocycles. The number of nitrogens with zero attached hydrogens (tertiary/aromatic N) is 2. The van der Waals surface area contributed by atoms with E-state index < -0.39 is 11.7 Å². The molecule has 0 radical (unpaired) electrons. The highest BCUT2D eigenvalue weighted by atomic mass is 19.4. The Bertz CT molecular complexity index is 617. The van der Waals surface area contributed by atoms with E-state index >= 15 is 0 Å². The van der Waals surface area contributed by atoms with Gasteiger partial charge < -0.3 is 10.6 Å². The van der Waals surface area contributed by atoms with Crippen molar-refractivity contribution in [2.24, 2.45) is 11.7 Å². The fraction of sp³-hybridized carbons (Fsp3) is 0.632. The highest BCUT2D eigenvalue weighted by molar-refractivity contribution is 5.79. The number of halogens is 3. The van der Waals surface area contributed by atoms with Crippen molar-refractivity contribution in [2.75, 3.05) is 26.2 Å². The highest BCUT2D eigenvalue weighted by Gasteiger charge is 2.32. The third kappa shape index (κ3) is 4.76. The third-order valence-electron chi connectivity index (χ3n) is 5.41. The van der Waals surface area contributed by atoms with Crippen molar-refractivity contribution in [3.05, 3.63) is 35.4 Å². The maximum Gasteiger partial charge on any atom is 0.416 e. The molecule has 1 saturated heterocycles. The first-order valence-corrected chi connectivity index (χ1v) is 9.26. The number of rotatable bonds is 3. The van der Waals surface area contributed by atoms with E-state index in [1.165, 1.54) is 12.1 Å². The van der Waals surface area contributed by atoms with Crippen molar-refractivity contribution in [1.29, 1.82) is 0 Å². The van der Waals surface area contributed by atoms with Crippen LogP contribution in [0.25, 0.3) is 0 Å². The van der Waals surface area contributed by atoms with Gasteiger partial charge >= 0.3 is 6.18 Å². The van der Waals surface area contributed by atoms with Gasteiger partial charge in [0.25, 0.3) is 0 Å². The molecule has 0 aromatic heterocycles. The topological polar surface area (TPSA) is 49.6 Å². The molecule has 26 heavy (non-hydrogen) atoms. The van der Waals surface area contributed by atoms with E-state index in [4.69, 9.17) is 5.73 Å². The molecule has 1 aliphatic heterocycles. The predicted octanol–water partition coefficient (Wildman–Crippen LogP) is 2.87. The second-order valence-corrected chi connectivity index (χ2v) is 7.42. The van der Waals surface area contributed by atoms with Crippen LogP contribution in [0.4, 0.5) is 13.2 Å². The summed E-state index contributed by atoms with van der Waals surface area (Å²) in [4.78, 5) is 16.8. The molecule has 1 aromatic rings. The Morgan fingerprint density at radius 2 is 1.81 bits per heavy atom. The molecule has 144 valence electrons. The Balaban J connectivity index is 1.53. The van der Waals surface area contributed by atoms with Gasteiger partial charge in [0.2, 0.25) is 5.91 Å². The molecule has 0 bridgehead atoms. The van der Waals surface area contributed by atoms with Crippen LogP contribution < -0.4 is 5.73 Å². The van der Waals surface area contributed by atoms with Crippen molar-refractivity contribution >= 4 is 5.91 Å². The lowest BCUT2D eigenvalue weighted by Gasteiger charge is -2.24. The molecular weight excluding hydrogens is 343 g/mol. The molecule has 2 fully saturated rings. The van der Waals surface area contributed by atoms with Gasteiger partial charge in [0.05, 0.1) is 5.56 Å². The van der Waals surface area contributed by atoms with Crippen LogP contribution in [0.5, 0.6) is 0 Å². The van der Waals surface area contributed by atoms with Crippen LogP contribution >= 0.6 is 0 Å². The van der Waals surface area contributed by atoms with Gasteiger partial charge in [-0.25, -0.2) is 0 Å². The standard InChI is InChI=1S/C19H26F3N3O/c20-19(21,22)16-5-2-14(3-6-16)13-24-8-1-9-25(11-10-24)18(26)15-4-7-17(23)12-15/h2-3,5-6,15,17H,1,4,7-13,23H2. The molecule has 2 atom stereocenters. The molecule has 1 amide bonds. The van der Waals surface area contributed by atoms with E-state index in [1.807, 2.05) is 4.90 Å². The average molecular weight is 369 g/mol. The van der Waals surface area contributed by atoms with Crippen LogP contribution in [-0.4, -0.2) is 47.9 Å². The quantitative estimate of drug-likeness (QED) is 0.891. The molecule has 3 rings (SSSR count). The number of carbonyl (C=O) groups excluding carboxylic acids is 1. The van der Waals surface area contributed by atoms with Gasteiger partial charge in [-0.2, -0.15) is 13.2 Å². The summed E-state index contributed by atoms with van der Waals surface area (Å²) in [5.74, 6) is 0.279. The van der Waals surface area contributed by atoms with Gasteiger partial charge in [-0.1, -0.05) is 12.1 Å². The zero-order valence-corrected chi connectivity index (χ0v) is 14.8. The summed E-state index contributed by atoms with van der Waals surface area (Å²) in [6.45, 7) is 3.61. The first-order valence-electron chi connectivity index (χ1n) is 9.26. The predicted molar refractivity (Wildman–Crippen MR) is 93.2 cm³/mol. The lowest BCUT2D eigenvalue weighted by molar-refractivity contribution is -0.137. The monoisotopic (exact) mass is 369 g/mol. The van der Waals surface area contributed by atoms with Gasteiger partial charge in [0.15, 0.2) is 0 Å². The number of nitrogens with two attached hydrogens (primary N) is 1. The van der Waals surface area contributed by atoms with Crippen LogP contribution in [0.1, 0.15) is 36.8 Å². The van der Waals surface area contributed by atoms with Crippen LogP contribution in [0, 0.1) is 5.92 Å². The first-order chi connectivity index (χ1) is 12.3. The normalized spacial score (nSPS) is 25.3. The first kappa shape index (κ1) is 19.2. The molecule has 2 N–H and O–H groups in total. The third-order valence-corrected chi connectivity index (χ3v) is 5.41. The zero-order valence-electron chi connectivity index (χ0n) is 14.8. The molecule has 4 nitrogen and oxygen atoms in total. The summed E-state index contributed by atoms with van der Waals surface area (Å²) in [5.41, 5.74) is 6.16. The van der Waals surface area contributed by atoms with Crippen LogP contribution in [0.15, 0.2) is 24.3 Å². The largest absolute Gasteiger partial charge is 0.416 e. The van der Waals surface area contributed by atoms with Crippen molar-refractivity contribution in [3.63, 3.8) is 0 Å². The second-order valence-electron chi connectivity index (χ2n) is 7.42. The molecule has 1 saturated carbocycles. The summed E-state index contributed by atoms with van der Waals surface area (Å²) >= 11 is 0. The number of amides is 1. The van der Waals surface area contributed by atoms with Crippen LogP contribution in [0.3, 0.4) is 0 Å². The average Bonchev–Trinajstić information content (AvgIpc) is 2.89. The van der Waals surface area contributed by atoms with E-state index in [-0.39, 0.29) is 17.9 Å². The summed E-state index contributed by atoms with van der Waals surface area (Å²) in [5, 5.41) is 0. The van der Waals surface area contributed by atoms with Gasteiger partial charge in [0, 0.05) is 44.7 Å². The van der Waals surface area contributed by atoms with Crippen LogP contribution in [-0.2, 0) is 17.5 Å². The Morgan fingerprint density at radius 3 is 2.42 bits per heavy atom. The van der Waals surface area contributed by atoms with Crippen molar-refractivity contribution in [2.45, 2.75) is 44.4 Å². The second kappa shape index (κ2) is 7.96. The molecule has 1 aliphatic carbocycles. The van der Waals surface area contributed by atoms with E-state index in [0.717, 1.165) is 63.0 Å². The molecule has 1 heterocycles. The Labute approximate surface area is 152 Å².